The van der Waals surface area contributed by atoms with Crippen molar-refractivity contribution in [2.24, 2.45) is 0 Å². The van der Waals surface area contributed by atoms with Crippen LogP contribution in [0.4, 0.5) is 5.82 Å². The van der Waals surface area contributed by atoms with Crippen molar-refractivity contribution in [3.05, 3.63) is 41.7 Å². The molecule has 0 saturated carbocycles. The van der Waals surface area contributed by atoms with Crippen LogP contribution in [-0.2, 0) is 0 Å². The van der Waals surface area contributed by atoms with Crippen LogP contribution >= 0.6 is 0 Å². The molecular weight excluding hydrogens is 232 g/mol. The number of aromatic nitrogens is 2. The van der Waals surface area contributed by atoms with Gasteiger partial charge in [-0.1, -0.05) is 0 Å². The van der Waals surface area contributed by atoms with Crippen molar-refractivity contribution in [3.63, 3.8) is 0 Å². The largest absolute Gasteiger partial charge is 0.464 e. The minimum Gasteiger partial charge on any atom is -0.464 e. The van der Waals surface area contributed by atoms with Crippen LogP contribution in [0.25, 0.3) is 0 Å². The number of nitrogens with one attached hydrogen (secondary N) is 1. The van der Waals surface area contributed by atoms with Gasteiger partial charge < -0.3 is 15.5 Å². The molecule has 3 N–H and O–H groups in total. The minimum atomic E-state index is -0.373. The number of carbonyl (C=O) groups is 1. The first kappa shape index (κ1) is 12.1. The number of furan rings is 1. The Labute approximate surface area is 104 Å². The van der Waals surface area contributed by atoms with Gasteiger partial charge in [0.05, 0.1) is 6.04 Å². The van der Waals surface area contributed by atoms with Gasteiger partial charge in [-0.25, -0.2) is 9.97 Å². The van der Waals surface area contributed by atoms with Crippen molar-refractivity contribution < 1.29 is 9.21 Å². The molecule has 2 rings (SSSR count). The molecule has 0 aromatic carbocycles. The van der Waals surface area contributed by atoms with Gasteiger partial charge in [-0.2, -0.15) is 0 Å². The summed E-state index contributed by atoms with van der Waals surface area (Å²) in [6.45, 7) is 3.67. The average Bonchev–Trinajstić information content (AvgIpc) is 2.76. The van der Waals surface area contributed by atoms with E-state index in [0.29, 0.717) is 5.76 Å². The lowest BCUT2D eigenvalue weighted by atomic mass is 10.2. The van der Waals surface area contributed by atoms with Crippen LogP contribution in [0.1, 0.15) is 35.0 Å². The summed E-state index contributed by atoms with van der Waals surface area (Å²) in [6.07, 6.45) is 2.86. The van der Waals surface area contributed by atoms with Gasteiger partial charge in [0.25, 0.3) is 5.91 Å². The predicted molar refractivity (Wildman–Crippen MR) is 65.8 cm³/mol. The molecule has 2 aromatic rings. The first-order chi connectivity index (χ1) is 8.58. The molecule has 1 amide bonds. The van der Waals surface area contributed by atoms with E-state index < -0.39 is 0 Å². The van der Waals surface area contributed by atoms with Crippen LogP contribution in [0.5, 0.6) is 0 Å². The monoisotopic (exact) mass is 246 g/mol. The topological polar surface area (TPSA) is 94.0 Å². The van der Waals surface area contributed by atoms with Crippen molar-refractivity contribution in [3.8, 4) is 0 Å². The molecule has 0 aliphatic rings. The molecule has 0 aliphatic heterocycles. The Hall–Kier alpha value is -2.37. The Bertz CT molecular complexity index is 565. The lowest BCUT2D eigenvalue weighted by Gasteiger charge is -2.11. The SMILES string of the molecule is Cc1ccc([C@@H](C)NC(=O)c2nccnc2N)o1. The summed E-state index contributed by atoms with van der Waals surface area (Å²) in [5.41, 5.74) is 5.70. The Balaban J connectivity index is 2.10. The predicted octanol–water partition coefficient (Wildman–Crippen LogP) is 1.45. The summed E-state index contributed by atoms with van der Waals surface area (Å²) in [7, 11) is 0. The highest BCUT2D eigenvalue weighted by Crippen LogP contribution is 2.16. The van der Waals surface area contributed by atoms with Gasteiger partial charge in [-0.15, -0.1) is 0 Å². The fourth-order valence-corrected chi connectivity index (χ4v) is 1.55. The molecule has 18 heavy (non-hydrogen) atoms. The minimum absolute atomic E-state index is 0.109. The zero-order chi connectivity index (χ0) is 13.1. The quantitative estimate of drug-likeness (QED) is 0.854. The fraction of sp³-hybridized carbons (Fsp3) is 0.250. The smallest absolute Gasteiger partial charge is 0.274 e. The van der Waals surface area contributed by atoms with E-state index in [-0.39, 0.29) is 23.5 Å². The van der Waals surface area contributed by atoms with Crippen LogP contribution < -0.4 is 11.1 Å². The number of nitrogens with two attached hydrogens (primary N) is 1. The summed E-state index contributed by atoms with van der Waals surface area (Å²) in [5, 5.41) is 2.75. The maximum absolute atomic E-state index is 11.9. The number of nitrogens with zero attached hydrogens (tertiary/aromatic N) is 2. The first-order valence-electron chi connectivity index (χ1n) is 5.51. The second-order valence-electron chi connectivity index (χ2n) is 3.93. The standard InChI is InChI=1S/C12H14N4O2/c1-7-3-4-9(18-7)8(2)16-12(17)10-11(13)15-6-5-14-10/h3-6,8H,1-2H3,(H2,13,15)(H,16,17)/t8-/m1/s1. The summed E-state index contributed by atoms with van der Waals surface area (Å²) in [6, 6.07) is 3.40. The zero-order valence-electron chi connectivity index (χ0n) is 10.2. The van der Waals surface area contributed by atoms with E-state index in [9.17, 15) is 4.79 Å². The van der Waals surface area contributed by atoms with Gasteiger partial charge in [0.15, 0.2) is 11.5 Å². The maximum atomic E-state index is 11.9. The molecule has 0 radical (unpaired) electrons. The van der Waals surface area contributed by atoms with Crippen LogP contribution in [0.2, 0.25) is 0 Å². The number of rotatable bonds is 3. The van der Waals surface area contributed by atoms with Gasteiger partial charge >= 0.3 is 0 Å². The van der Waals surface area contributed by atoms with Gasteiger partial charge in [0.2, 0.25) is 0 Å². The van der Waals surface area contributed by atoms with Crippen molar-refractivity contribution in [1.82, 2.24) is 15.3 Å². The summed E-state index contributed by atoms with van der Waals surface area (Å²) < 4.78 is 5.43. The Kier molecular flexibility index (Phi) is 3.27. The summed E-state index contributed by atoms with van der Waals surface area (Å²) in [5.74, 6) is 1.22. The van der Waals surface area contributed by atoms with Gasteiger partial charge in [-0.05, 0) is 26.0 Å². The number of aryl methyl sites for hydroxylation is 1. The summed E-state index contributed by atoms with van der Waals surface area (Å²) in [4.78, 5) is 19.6. The number of hydrogen-bond acceptors (Lipinski definition) is 5. The molecular formula is C12H14N4O2. The van der Waals surface area contributed by atoms with E-state index >= 15 is 0 Å². The first-order valence-corrected chi connectivity index (χ1v) is 5.51. The van der Waals surface area contributed by atoms with Crippen LogP contribution in [0, 0.1) is 6.92 Å². The third-order valence-electron chi connectivity index (χ3n) is 2.48. The number of hydrogen-bond donors (Lipinski definition) is 2. The molecule has 1 atom stereocenters. The molecule has 6 heteroatoms. The summed E-state index contributed by atoms with van der Waals surface area (Å²) >= 11 is 0. The average molecular weight is 246 g/mol. The molecule has 94 valence electrons. The molecule has 0 unspecified atom stereocenters. The lowest BCUT2D eigenvalue weighted by molar-refractivity contribution is 0.0930. The van der Waals surface area contributed by atoms with Crippen molar-refractivity contribution >= 4 is 11.7 Å². The van der Waals surface area contributed by atoms with E-state index in [0.717, 1.165) is 5.76 Å². The van der Waals surface area contributed by atoms with Crippen LogP contribution in [0.15, 0.2) is 28.9 Å². The molecule has 2 heterocycles. The van der Waals surface area contributed by atoms with E-state index in [1.165, 1.54) is 12.4 Å². The third-order valence-corrected chi connectivity index (χ3v) is 2.48. The van der Waals surface area contributed by atoms with Crippen molar-refractivity contribution in [1.29, 1.82) is 0 Å². The van der Waals surface area contributed by atoms with E-state index in [2.05, 4.69) is 15.3 Å². The molecule has 2 aromatic heterocycles. The number of amides is 1. The van der Waals surface area contributed by atoms with Crippen molar-refractivity contribution in [2.45, 2.75) is 19.9 Å². The van der Waals surface area contributed by atoms with E-state index in [1.807, 2.05) is 26.0 Å². The van der Waals surface area contributed by atoms with Gasteiger partial charge in [0.1, 0.15) is 11.5 Å². The number of carbonyl (C=O) groups excluding carboxylic acids is 1. The van der Waals surface area contributed by atoms with Gasteiger partial charge in [-0.3, -0.25) is 4.79 Å². The molecule has 0 saturated heterocycles. The maximum Gasteiger partial charge on any atom is 0.274 e. The van der Waals surface area contributed by atoms with E-state index in [4.69, 9.17) is 10.2 Å². The fourth-order valence-electron chi connectivity index (χ4n) is 1.55. The van der Waals surface area contributed by atoms with Crippen LogP contribution in [0.3, 0.4) is 0 Å². The molecule has 0 aliphatic carbocycles. The Morgan fingerprint density at radius 3 is 2.72 bits per heavy atom. The number of nitrogen functional groups attached to an aromatic ring is 1. The molecule has 0 fully saturated rings. The van der Waals surface area contributed by atoms with E-state index in [1.54, 1.807) is 0 Å². The van der Waals surface area contributed by atoms with Crippen LogP contribution in [-0.4, -0.2) is 15.9 Å². The highest BCUT2D eigenvalue weighted by atomic mass is 16.3. The third kappa shape index (κ3) is 2.48. The Morgan fingerprint density at radius 2 is 2.11 bits per heavy atom. The molecule has 6 nitrogen and oxygen atoms in total. The number of anilines is 1. The highest BCUT2D eigenvalue weighted by molar-refractivity contribution is 5.96. The normalized spacial score (nSPS) is 12.1. The van der Waals surface area contributed by atoms with Crippen molar-refractivity contribution in [2.75, 3.05) is 5.73 Å². The second kappa shape index (κ2) is 4.87. The zero-order valence-corrected chi connectivity index (χ0v) is 10.2. The Morgan fingerprint density at radius 1 is 1.39 bits per heavy atom. The van der Waals surface area contributed by atoms with Gasteiger partial charge in [0, 0.05) is 12.4 Å². The lowest BCUT2D eigenvalue weighted by Crippen LogP contribution is -2.28. The molecule has 0 bridgehead atoms. The molecule has 0 spiro atoms. The second-order valence-corrected chi connectivity index (χ2v) is 3.93. The highest BCUT2D eigenvalue weighted by Gasteiger charge is 2.17.